The van der Waals surface area contributed by atoms with Crippen molar-refractivity contribution in [3.05, 3.63) is 12.2 Å². The molecule has 0 heterocycles. The molecule has 0 aliphatic heterocycles. The maximum Gasteiger partial charge on any atom is 0.407 e. The first-order valence-electron chi connectivity index (χ1n) is 8.42. The van der Waals surface area contributed by atoms with Crippen LogP contribution in [0.25, 0.3) is 0 Å². The van der Waals surface area contributed by atoms with Crippen LogP contribution in [-0.2, 0) is 28.1 Å². The quantitative estimate of drug-likeness (QED) is 0.0934. The Bertz CT molecular complexity index is 607. The third kappa shape index (κ3) is 18.5. The summed E-state index contributed by atoms with van der Waals surface area (Å²) < 4.78 is 36.8. The van der Waals surface area contributed by atoms with Crippen LogP contribution in [0, 0.1) is 0 Å². The van der Waals surface area contributed by atoms with Crippen LogP contribution in [0.2, 0.25) is 0 Å². The van der Waals surface area contributed by atoms with Gasteiger partial charge in [-0.3, -0.25) is 14.0 Å². The molecule has 13 nitrogen and oxygen atoms in total. The highest BCUT2D eigenvalue weighted by Crippen LogP contribution is 2.40. The average Bonchev–Trinajstić information content (AvgIpc) is 2.54. The second-order valence-corrected chi connectivity index (χ2v) is 9.18. The van der Waals surface area contributed by atoms with Crippen molar-refractivity contribution in [1.29, 1.82) is 0 Å². The van der Waals surface area contributed by atoms with Gasteiger partial charge in [-0.2, -0.15) is 0 Å². The van der Waals surface area contributed by atoms with Gasteiger partial charge in [0.2, 0.25) is 0 Å². The molecule has 15 heteroatoms. The van der Waals surface area contributed by atoms with Crippen molar-refractivity contribution in [1.82, 2.24) is 10.2 Å². The predicted octanol–water partition coefficient (Wildman–Crippen LogP) is -0.189. The number of carbonyl (C=O) groups is 2. The SMILES string of the molecule is C=C(C)C(=O)OCCOCCNC(=O)OCCCN(CP(=O)(O)O)CP(=O)(O)O. The average molecular weight is 462 g/mol. The van der Waals surface area contributed by atoms with Crippen LogP contribution in [0.3, 0.4) is 0 Å². The van der Waals surface area contributed by atoms with E-state index in [1.165, 1.54) is 6.92 Å². The summed E-state index contributed by atoms with van der Waals surface area (Å²) in [5, 5.41) is 2.39. The molecule has 0 spiro atoms. The van der Waals surface area contributed by atoms with Crippen molar-refractivity contribution < 1.29 is 52.5 Å². The van der Waals surface area contributed by atoms with Gasteiger partial charge in [0.15, 0.2) is 0 Å². The topological polar surface area (TPSA) is 192 Å². The summed E-state index contributed by atoms with van der Waals surface area (Å²) in [7, 11) is -8.99. The van der Waals surface area contributed by atoms with Gasteiger partial charge in [0.25, 0.3) is 0 Å². The van der Waals surface area contributed by atoms with Crippen LogP contribution in [0.15, 0.2) is 12.2 Å². The number of hydrogen-bond acceptors (Lipinski definition) is 8. The molecule has 0 saturated carbocycles. The van der Waals surface area contributed by atoms with Crippen LogP contribution >= 0.6 is 15.2 Å². The summed E-state index contributed by atoms with van der Waals surface area (Å²) in [5.74, 6) is -0.518. The number of nitrogens with zero attached hydrogens (tertiary/aromatic N) is 1. The van der Waals surface area contributed by atoms with Crippen LogP contribution in [-0.4, -0.2) is 88.6 Å². The van der Waals surface area contributed by atoms with Crippen molar-refractivity contribution in [2.24, 2.45) is 0 Å². The van der Waals surface area contributed by atoms with Crippen LogP contribution in [0.1, 0.15) is 13.3 Å². The van der Waals surface area contributed by atoms with E-state index in [1.807, 2.05) is 0 Å². The lowest BCUT2D eigenvalue weighted by Crippen LogP contribution is -2.30. The Morgan fingerprint density at radius 1 is 0.966 bits per heavy atom. The molecule has 0 aliphatic rings. The third-order valence-corrected chi connectivity index (χ3v) is 4.48. The fraction of sp³-hybridized carbons (Fsp3) is 0.714. The lowest BCUT2D eigenvalue weighted by atomic mass is 10.4. The van der Waals surface area contributed by atoms with E-state index < -0.39 is 39.8 Å². The molecule has 1 amide bonds. The second-order valence-electron chi connectivity index (χ2n) is 5.95. The van der Waals surface area contributed by atoms with Gasteiger partial charge in [0.1, 0.15) is 19.2 Å². The van der Waals surface area contributed by atoms with Gasteiger partial charge < -0.3 is 39.1 Å². The summed E-state index contributed by atoms with van der Waals surface area (Å²) in [6.07, 6.45) is -2.27. The third-order valence-electron chi connectivity index (χ3n) is 2.95. The molecule has 0 atom stereocenters. The van der Waals surface area contributed by atoms with Gasteiger partial charge in [0.05, 0.1) is 19.8 Å². The van der Waals surface area contributed by atoms with Crippen molar-refractivity contribution in [3.63, 3.8) is 0 Å². The smallest absolute Gasteiger partial charge is 0.407 e. The van der Waals surface area contributed by atoms with Crippen molar-refractivity contribution >= 4 is 27.3 Å². The minimum absolute atomic E-state index is 0.0515. The Kier molecular flexibility index (Phi) is 13.2. The first-order valence-corrected chi connectivity index (χ1v) is 12.0. The minimum atomic E-state index is -4.50. The van der Waals surface area contributed by atoms with E-state index in [1.54, 1.807) is 0 Å². The first-order chi connectivity index (χ1) is 13.3. The van der Waals surface area contributed by atoms with Gasteiger partial charge in [-0.05, 0) is 13.3 Å². The van der Waals surface area contributed by atoms with E-state index in [9.17, 15) is 18.7 Å². The second kappa shape index (κ2) is 13.8. The molecule has 0 saturated heterocycles. The highest BCUT2D eigenvalue weighted by atomic mass is 31.2. The van der Waals surface area contributed by atoms with Crippen LogP contribution < -0.4 is 5.32 Å². The molecule has 5 N–H and O–H groups in total. The normalized spacial score (nSPS) is 11.9. The Morgan fingerprint density at radius 2 is 1.55 bits per heavy atom. The number of hydrogen-bond donors (Lipinski definition) is 5. The number of carbonyl (C=O) groups excluding carboxylic acids is 2. The van der Waals surface area contributed by atoms with E-state index in [0.717, 1.165) is 4.90 Å². The zero-order valence-electron chi connectivity index (χ0n) is 16.1. The van der Waals surface area contributed by atoms with E-state index in [2.05, 4.69) is 11.9 Å². The maximum absolute atomic E-state index is 11.5. The summed E-state index contributed by atoms with van der Waals surface area (Å²) in [6.45, 7) is 5.21. The molecule has 0 unspecified atom stereocenters. The Hall–Kier alpha value is -1.30. The van der Waals surface area contributed by atoms with Gasteiger partial charge in [-0.1, -0.05) is 6.58 Å². The molecule has 0 fully saturated rings. The fourth-order valence-electron chi connectivity index (χ4n) is 1.86. The number of esters is 1. The molecule has 0 aliphatic carbocycles. The predicted molar refractivity (Wildman–Crippen MR) is 101 cm³/mol. The number of amides is 1. The van der Waals surface area contributed by atoms with E-state index in [0.29, 0.717) is 0 Å². The molecule has 0 rings (SSSR count). The lowest BCUT2D eigenvalue weighted by Gasteiger charge is -2.22. The number of alkyl carbamates (subject to hydrolysis) is 1. The monoisotopic (exact) mass is 462 g/mol. The highest BCUT2D eigenvalue weighted by molar-refractivity contribution is 7.52. The van der Waals surface area contributed by atoms with Gasteiger partial charge in [-0.25, -0.2) is 9.59 Å². The molecule has 0 bridgehead atoms. The maximum atomic E-state index is 11.5. The Labute approximate surface area is 168 Å². The van der Waals surface area contributed by atoms with Gasteiger partial charge in [0, 0.05) is 18.7 Å². The molecular weight excluding hydrogens is 434 g/mol. The van der Waals surface area contributed by atoms with Gasteiger partial charge in [-0.15, -0.1) is 0 Å². The highest BCUT2D eigenvalue weighted by Gasteiger charge is 2.25. The van der Waals surface area contributed by atoms with E-state index in [-0.39, 0.29) is 51.5 Å². The Morgan fingerprint density at radius 3 is 2.07 bits per heavy atom. The number of rotatable bonds is 15. The van der Waals surface area contributed by atoms with Crippen molar-refractivity contribution in [2.45, 2.75) is 13.3 Å². The molecule has 0 aromatic rings. The molecular formula is C14H28N2O11P2. The number of ether oxygens (including phenoxy) is 3. The van der Waals surface area contributed by atoms with Crippen LogP contribution in [0.5, 0.6) is 0 Å². The fourth-order valence-corrected chi connectivity index (χ4v) is 3.54. The zero-order chi connectivity index (χ0) is 22.5. The molecule has 170 valence electrons. The van der Waals surface area contributed by atoms with Crippen LogP contribution in [0.4, 0.5) is 4.79 Å². The molecule has 0 aromatic heterocycles. The van der Waals surface area contributed by atoms with Crippen molar-refractivity contribution in [2.75, 3.05) is 52.1 Å². The summed E-state index contributed by atoms with van der Waals surface area (Å²) in [6, 6.07) is 0. The zero-order valence-corrected chi connectivity index (χ0v) is 17.8. The largest absolute Gasteiger partial charge is 0.460 e. The summed E-state index contributed by atoms with van der Waals surface area (Å²) >= 11 is 0. The lowest BCUT2D eigenvalue weighted by molar-refractivity contribution is -0.140. The Balaban J connectivity index is 3.88. The standard InChI is InChI=1S/C14H28N2O11P2/c1-12(2)13(17)26-9-8-25-7-4-15-14(18)27-6-3-5-16(10-28(19,20)21)11-29(22,23)24/h1,3-11H2,2H3,(H,15,18)(H2,19,20,21)(H2,22,23,24). The molecule has 29 heavy (non-hydrogen) atoms. The first kappa shape index (κ1) is 27.7. The molecule has 0 aromatic carbocycles. The molecule has 0 radical (unpaired) electrons. The van der Waals surface area contributed by atoms with Gasteiger partial charge >= 0.3 is 27.3 Å². The van der Waals surface area contributed by atoms with E-state index >= 15 is 0 Å². The van der Waals surface area contributed by atoms with E-state index in [4.69, 9.17) is 33.8 Å². The van der Waals surface area contributed by atoms with Crippen molar-refractivity contribution in [3.8, 4) is 0 Å². The summed E-state index contributed by atoms with van der Waals surface area (Å²) in [4.78, 5) is 59.2. The number of nitrogens with one attached hydrogen (secondary N) is 1. The summed E-state index contributed by atoms with van der Waals surface area (Å²) in [5.41, 5.74) is 0.279. The minimum Gasteiger partial charge on any atom is -0.460 e.